The van der Waals surface area contributed by atoms with E-state index in [1.165, 1.54) is 5.56 Å². The molecule has 0 spiro atoms. The molecule has 7 heteroatoms. The van der Waals surface area contributed by atoms with E-state index in [1.807, 2.05) is 24.4 Å². The molecule has 0 saturated carbocycles. The lowest BCUT2D eigenvalue weighted by Crippen LogP contribution is -2.44. The molecule has 0 unspecified atom stereocenters. The SMILES string of the molecule is CCc1ncccc1CNc1nc(N2CCOC[C@@H]2C)nc2ncccc12. The molecular formula is C20H24N6O. The molecule has 0 radical (unpaired) electrons. The fourth-order valence-corrected chi connectivity index (χ4v) is 3.37. The molecule has 4 rings (SSSR count). The summed E-state index contributed by atoms with van der Waals surface area (Å²) in [5, 5.41) is 4.40. The van der Waals surface area contributed by atoms with Crippen LogP contribution in [-0.2, 0) is 17.7 Å². The van der Waals surface area contributed by atoms with Crippen LogP contribution in [0.2, 0.25) is 0 Å². The van der Waals surface area contributed by atoms with Gasteiger partial charge in [0, 0.05) is 31.2 Å². The minimum atomic E-state index is 0.234. The van der Waals surface area contributed by atoms with Crippen molar-refractivity contribution in [2.24, 2.45) is 0 Å². The molecule has 0 amide bonds. The molecule has 3 aromatic heterocycles. The highest BCUT2D eigenvalue weighted by Gasteiger charge is 2.23. The summed E-state index contributed by atoms with van der Waals surface area (Å²) in [5.41, 5.74) is 2.98. The third kappa shape index (κ3) is 3.68. The Kier molecular flexibility index (Phi) is 5.11. The van der Waals surface area contributed by atoms with Gasteiger partial charge in [0.05, 0.1) is 24.6 Å². The zero-order valence-corrected chi connectivity index (χ0v) is 15.7. The maximum absolute atomic E-state index is 5.55. The Morgan fingerprint density at radius 2 is 2.04 bits per heavy atom. The van der Waals surface area contributed by atoms with Crippen molar-refractivity contribution in [1.29, 1.82) is 0 Å². The predicted octanol–water partition coefficient (Wildman–Crippen LogP) is 2.82. The second-order valence-corrected chi connectivity index (χ2v) is 6.68. The molecule has 0 aromatic carbocycles. The van der Waals surface area contributed by atoms with Crippen LogP contribution >= 0.6 is 0 Å². The number of rotatable bonds is 5. The van der Waals surface area contributed by atoms with E-state index < -0.39 is 0 Å². The molecule has 140 valence electrons. The van der Waals surface area contributed by atoms with Crippen LogP contribution < -0.4 is 10.2 Å². The van der Waals surface area contributed by atoms with E-state index in [2.05, 4.69) is 40.1 Å². The number of hydrogen-bond acceptors (Lipinski definition) is 7. The van der Waals surface area contributed by atoms with Gasteiger partial charge in [-0.25, -0.2) is 4.98 Å². The van der Waals surface area contributed by atoms with Gasteiger partial charge < -0.3 is 15.0 Å². The first-order chi connectivity index (χ1) is 13.3. The Bertz CT molecular complexity index is 931. The molecule has 1 aliphatic rings. The number of anilines is 2. The zero-order valence-electron chi connectivity index (χ0n) is 15.7. The molecule has 27 heavy (non-hydrogen) atoms. The number of pyridine rings is 2. The fraction of sp³-hybridized carbons (Fsp3) is 0.400. The number of ether oxygens (including phenoxy) is 1. The third-order valence-electron chi connectivity index (χ3n) is 4.85. The number of morpholine rings is 1. The number of hydrogen-bond donors (Lipinski definition) is 1. The maximum atomic E-state index is 5.55. The molecule has 1 saturated heterocycles. The van der Waals surface area contributed by atoms with E-state index >= 15 is 0 Å². The quantitative estimate of drug-likeness (QED) is 0.746. The van der Waals surface area contributed by atoms with Crippen molar-refractivity contribution in [2.45, 2.75) is 32.9 Å². The number of nitrogens with zero attached hydrogens (tertiary/aromatic N) is 5. The van der Waals surface area contributed by atoms with Crippen molar-refractivity contribution >= 4 is 22.8 Å². The van der Waals surface area contributed by atoms with Crippen molar-refractivity contribution in [3.05, 3.63) is 47.9 Å². The Morgan fingerprint density at radius 3 is 2.89 bits per heavy atom. The second kappa shape index (κ2) is 7.84. The molecule has 1 aliphatic heterocycles. The summed E-state index contributed by atoms with van der Waals surface area (Å²) in [6, 6.07) is 8.22. The maximum Gasteiger partial charge on any atom is 0.229 e. The molecule has 7 nitrogen and oxygen atoms in total. The van der Waals surface area contributed by atoms with E-state index in [9.17, 15) is 0 Å². The van der Waals surface area contributed by atoms with Crippen molar-refractivity contribution in [1.82, 2.24) is 19.9 Å². The van der Waals surface area contributed by atoms with Crippen molar-refractivity contribution < 1.29 is 4.74 Å². The summed E-state index contributed by atoms with van der Waals surface area (Å²) < 4.78 is 5.55. The van der Waals surface area contributed by atoms with Gasteiger partial charge in [-0.2, -0.15) is 9.97 Å². The van der Waals surface area contributed by atoms with Gasteiger partial charge in [0.15, 0.2) is 5.65 Å². The smallest absolute Gasteiger partial charge is 0.229 e. The summed E-state index contributed by atoms with van der Waals surface area (Å²) in [6.07, 6.45) is 4.51. The standard InChI is InChI=1S/C20H24N6O/c1-3-17-15(6-4-8-21-17)12-23-19-16-7-5-9-22-18(16)24-20(25-19)26-10-11-27-13-14(26)2/h4-9,14H,3,10-13H2,1-2H3,(H,22,23,24,25)/t14-/m0/s1. The molecular weight excluding hydrogens is 340 g/mol. The lowest BCUT2D eigenvalue weighted by molar-refractivity contribution is 0.0981. The van der Waals surface area contributed by atoms with Crippen LogP contribution in [0.4, 0.5) is 11.8 Å². The van der Waals surface area contributed by atoms with Gasteiger partial charge in [0.2, 0.25) is 5.95 Å². The molecule has 0 bridgehead atoms. The number of fused-ring (bicyclic) bond motifs is 1. The first-order valence-electron chi connectivity index (χ1n) is 9.40. The van der Waals surface area contributed by atoms with Crippen molar-refractivity contribution in [3.8, 4) is 0 Å². The molecule has 1 atom stereocenters. The van der Waals surface area contributed by atoms with Crippen LogP contribution in [0.25, 0.3) is 11.0 Å². The largest absolute Gasteiger partial charge is 0.377 e. The Hall–Kier alpha value is -2.80. The summed E-state index contributed by atoms with van der Waals surface area (Å²) in [7, 11) is 0. The summed E-state index contributed by atoms with van der Waals surface area (Å²) in [6.45, 7) is 7.06. The van der Waals surface area contributed by atoms with Crippen LogP contribution in [0.5, 0.6) is 0 Å². The lowest BCUT2D eigenvalue weighted by atomic mass is 10.1. The Balaban J connectivity index is 1.68. The van der Waals surface area contributed by atoms with E-state index in [4.69, 9.17) is 14.7 Å². The van der Waals surface area contributed by atoms with Gasteiger partial charge >= 0.3 is 0 Å². The highest BCUT2D eigenvalue weighted by molar-refractivity contribution is 5.87. The first kappa shape index (κ1) is 17.6. The second-order valence-electron chi connectivity index (χ2n) is 6.68. The predicted molar refractivity (Wildman–Crippen MR) is 106 cm³/mol. The number of nitrogens with one attached hydrogen (secondary N) is 1. The van der Waals surface area contributed by atoms with Crippen molar-refractivity contribution in [3.63, 3.8) is 0 Å². The summed E-state index contributed by atoms with van der Waals surface area (Å²) in [5.74, 6) is 1.49. The van der Waals surface area contributed by atoms with E-state index in [1.54, 1.807) is 6.20 Å². The zero-order chi connectivity index (χ0) is 18.6. The van der Waals surface area contributed by atoms with Crippen LogP contribution in [0, 0.1) is 0 Å². The van der Waals surface area contributed by atoms with Gasteiger partial charge in [-0.15, -0.1) is 0 Å². The topological polar surface area (TPSA) is 76.1 Å². The normalized spacial score (nSPS) is 17.3. The average Bonchev–Trinajstić information content (AvgIpc) is 2.72. The third-order valence-corrected chi connectivity index (χ3v) is 4.85. The van der Waals surface area contributed by atoms with Gasteiger partial charge in [0.1, 0.15) is 5.82 Å². The van der Waals surface area contributed by atoms with Gasteiger partial charge in [-0.05, 0) is 37.1 Å². The molecule has 0 aliphatic carbocycles. The average molecular weight is 364 g/mol. The molecule has 3 aromatic rings. The lowest BCUT2D eigenvalue weighted by Gasteiger charge is -2.33. The first-order valence-corrected chi connectivity index (χ1v) is 9.40. The highest BCUT2D eigenvalue weighted by atomic mass is 16.5. The molecule has 1 fully saturated rings. The van der Waals surface area contributed by atoms with Crippen LogP contribution in [0.15, 0.2) is 36.7 Å². The Morgan fingerprint density at radius 1 is 1.19 bits per heavy atom. The number of aromatic nitrogens is 4. The number of aryl methyl sites for hydroxylation is 1. The highest BCUT2D eigenvalue weighted by Crippen LogP contribution is 2.24. The van der Waals surface area contributed by atoms with Gasteiger partial charge in [-0.3, -0.25) is 4.98 Å². The van der Waals surface area contributed by atoms with E-state index in [0.29, 0.717) is 31.4 Å². The van der Waals surface area contributed by atoms with Crippen LogP contribution in [-0.4, -0.2) is 45.7 Å². The van der Waals surface area contributed by atoms with E-state index in [-0.39, 0.29) is 6.04 Å². The van der Waals surface area contributed by atoms with Gasteiger partial charge in [-0.1, -0.05) is 13.0 Å². The fourth-order valence-electron chi connectivity index (χ4n) is 3.37. The minimum absolute atomic E-state index is 0.234. The molecule has 1 N–H and O–H groups in total. The van der Waals surface area contributed by atoms with Crippen molar-refractivity contribution in [2.75, 3.05) is 30.0 Å². The van der Waals surface area contributed by atoms with E-state index in [0.717, 1.165) is 29.9 Å². The monoisotopic (exact) mass is 364 g/mol. The summed E-state index contributed by atoms with van der Waals surface area (Å²) >= 11 is 0. The minimum Gasteiger partial charge on any atom is -0.377 e. The van der Waals surface area contributed by atoms with Gasteiger partial charge in [0.25, 0.3) is 0 Å². The van der Waals surface area contributed by atoms with Crippen LogP contribution in [0.1, 0.15) is 25.1 Å². The summed E-state index contributed by atoms with van der Waals surface area (Å²) in [4.78, 5) is 20.6. The molecule has 4 heterocycles. The van der Waals surface area contributed by atoms with Crippen LogP contribution in [0.3, 0.4) is 0 Å². The Labute approximate surface area is 158 Å².